The van der Waals surface area contributed by atoms with E-state index in [2.05, 4.69) is 50.5 Å². The van der Waals surface area contributed by atoms with Gasteiger partial charge in [-0.05, 0) is 24.6 Å². The van der Waals surface area contributed by atoms with Gasteiger partial charge in [0.25, 0.3) is 0 Å². The molecule has 1 aromatic heterocycles. The Morgan fingerprint density at radius 1 is 1.27 bits per heavy atom. The molecule has 0 atom stereocenters. The normalized spacial score (nSPS) is 12.0. The van der Waals surface area contributed by atoms with E-state index in [4.69, 9.17) is 0 Å². The zero-order chi connectivity index (χ0) is 11.5. The highest BCUT2D eigenvalue weighted by Crippen LogP contribution is 2.22. The summed E-state index contributed by atoms with van der Waals surface area (Å²) in [5, 5.41) is 0. The number of pyridine rings is 1. The summed E-state index contributed by atoms with van der Waals surface area (Å²) in [6.07, 6.45) is 5.88. The van der Waals surface area contributed by atoms with Gasteiger partial charge in [-0.1, -0.05) is 45.6 Å². The van der Waals surface area contributed by atoms with Crippen LogP contribution in [0.4, 0.5) is 0 Å². The molecule has 0 aliphatic rings. The van der Waals surface area contributed by atoms with Crippen LogP contribution in [-0.2, 0) is 5.41 Å². The van der Waals surface area contributed by atoms with Crippen molar-refractivity contribution in [3.8, 4) is 0 Å². The largest absolute Gasteiger partial charge is 0.252 e. The summed E-state index contributed by atoms with van der Waals surface area (Å²) in [6, 6.07) is 4.19. The van der Waals surface area contributed by atoms with Gasteiger partial charge in [-0.15, -0.1) is 0 Å². The van der Waals surface area contributed by atoms with E-state index in [1.165, 1.54) is 0 Å². The molecule has 1 aromatic rings. The summed E-state index contributed by atoms with van der Waals surface area (Å²) in [5.41, 5.74) is 3.28. The summed E-state index contributed by atoms with van der Waals surface area (Å²) >= 11 is 0. The Morgan fingerprint density at radius 2 is 1.93 bits per heavy atom. The average molecular weight is 201 g/mol. The third-order valence-electron chi connectivity index (χ3n) is 2.27. The molecule has 0 amide bonds. The molecule has 1 heterocycles. The lowest BCUT2D eigenvalue weighted by Crippen LogP contribution is -2.14. The maximum Gasteiger partial charge on any atom is 0.0699 e. The van der Waals surface area contributed by atoms with Crippen LogP contribution in [0.1, 0.15) is 44.6 Å². The number of nitrogens with zero attached hydrogens (tertiary/aromatic N) is 1. The van der Waals surface area contributed by atoms with Crippen molar-refractivity contribution in [1.29, 1.82) is 0 Å². The van der Waals surface area contributed by atoms with E-state index in [-0.39, 0.29) is 5.41 Å². The number of allylic oxidation sites excluding steroid dienone is 1. The SMILES string of the molecule is C=Cc1nc(C(C)(C)C)ccc1/C=C\C. The first kappa shape index (κ1) is 11.7. The molecule has 0 aliphatic carbocycles. The zero-order valence-electron chi connectivity index (χ0n) is 10.0. The molecular weight excluding hydrogens is 182 g/mol. The molecule has 0 bridgehead atoms. The summed E-state index contributed by atoms with van der Waals surface area (Å²) in [7, 11) is 0. The van der Waals surface area contributed by atoms with E-state index in [1.54, 1.807) is 0 Å². The van der Waals surface area contributed by atoms with Gasteiger partial charge < -0.3 is 0 Å². The van der Waals surface area contributed by atoms with Crippen LogP contribution < -0.4 is 0 Å². The summed E-state index contributed by atoms with van der Waals surface area (Å²) in [4.78, 5) is 4.61. The van der Waals surface area contributed by atoms with Gasteiger partial charge in [0.1, 0.15) is 0 Å². The maximum atomic E-state index is 4.61. The Bertz CT molecular complexity index is 381. The second-order valence-corrected chi connectivity index (χ2v) is 4.63. The van der Waals surface area contributed by atoms with Gasteiger partial charge in [0.2, 0.25) is 0 Å². The molecule has 0 aromatic carbocycles. The summed E-state index contributed by atoms with van der Waals surface area (Å²) < 4.78 is 0. The van der Waals surface area contributed by atoms with Crippen molar-refractivity contribution in [2.24, 2.45) is 0 Å². The predicted octanol–water partition coefficient (Wildman–Crippen LogP) is 4.06. The predicted molar refractivity (Wildman–Crippen MR) is 67.7 cm³/mol. The van der Waals surface area contributed by atoms with Crippen LogP contribution in [0.5, 0.6) is 0 Å². The zero-order valence-corrected chi connectivity index (χ0v) is 10.0. The number of hydrogen-bond donors (Lipinski definition) is 0. The van der Waals surface area contributed by atoms with Crippen LogP contribution in [0.25, 0.3) is 12.2 Å². The molecule has 1 rings (SSSR count). The van der Waals surface area contributed by atoms with E-state index in [0.29, 0.717) is 0 Å². The highest BCUT2D eigenvalue weighted by molar-refractivity contribution is 5.61. The van der Waals surface area contributed by atoms with Crippen LogP contribution in [-0.4, -0.2) is 4.98 Å². The summed E-state index contributed by atoms with van der Waals surface area (Å²) in [6.45, 7) is 12.3. The molecular formula is C14H19N. The van der Waals surface area contributed by atoms with Gasteiger partial charge in [0.15, 0.2) is 0 Å². The Balaban J connectivity index is 3.25. The average Bonchev–Trinajstić information content (AvgIpc) is 2.17. The van der Waals surface area contributed by atoms with Gasteiger partial charge in [0, 0.05) is 11.1 Å². The first-order valence-corrected chi connectivity index (χ1v) is 5.25. The molecule has 15 heavy (non-hydrogen) atoms. The highest BCUT2D eigenvalue weighted by atomic mass is 14.7. The Kier molecular flexibility index (Phi) is 3.46. The van der Waals surface area contributed by atoms with Crippen LogP contribution in [0.15, 0.2) is 24.8 Å². The molecule has 0 unspecified atom stereocenters. The minimum Gasteiger partial charge on any atom is -0.252 e. The smallest absolute Gasteiger partial charge is 0.0699 e. The van der Waals surface area contributed by atoms with Crippen molar-refractivity contribution < 1.29 is 0 Å². The number of aromatic nitrogens is 1. The summed E-state index contributed by atoms with van der Waals surface area (Å²) in [5.74, 6) is 0. The number of hydrogen-bond acceptors (Lipinski definition) is 1. The lowest BCUT2D eigenvalue weighted by Gasteiger charge is -2.18. The molecule has 0 saturated heterocycles. The Morgan fingerprint density at radius 3 is 2.40 bits per heavy atom. The molecule has 0 aliphatic heterocycles. The molecule has 1 heteroatoms. The van der Waals surface area contributed by atoms with Gasteiger partial charge >= 0.3 is 0 Å². The van der Waals surface area contributed by atoms with Gasteiger partial charge in [0.05, 0.1) is 5.69 Å². The minimum absolute atomic E-state index is 0.0895. The monoisotopic (exact) mass is 201 g/mol. The first-order valence-electron chi connectivity index (χ1n) is 5.25. The van der Waals surface area contributed by atoms with E-state index in [1.807, 2.05) is 19.1 Å². The quantitative estimate of drug-likeness (QED) is 0.703. The highest BCUT2D eigenvalue weighted by Gasteiger charge is 2.15. The standard InChI is InChI=1S/C14H19N/c1-6-8-11-9-10-13(14(3,4)5)15-12(11)7-2/h6-10H,2H2,1,3-5H3/b8-6-. The van der Waals surface area contributed by atoms with Crippen molar-refractivity contribution in [1.82, 2.24) is 4.98 Å². The maximum absolute atomic E-state index is 4.61. The molecule has 0 fully saturated rings. The molecule has 0 saturated carbocycles. The Hall–Kier alpha value is -1.37. The van der Waals surface area contributed by atoms with Crippen LogP contribution in [0, 0.1) is 0 Å². The molecule has 0 radical (unpaired) electrons. The Labute approximate surface area is 92.6 Å². The number of rotatable bonds is 2. The minimum atomic E-state index is 0.0895. The van der Waals surface area contributed by atoms with Crippen molar-refractivity contribution in [3.63, 3.8) is 0 Å². The molecule has 1 nitrogen and oxygen atoms in total. The molecule has 80 valence electrons. The van der Waals surface area contributed by atoms with Crippen molar-refractivity contribution in [2.45, 2.75) is 33.1 Å². The topological polar surface area (TPSA) is 12.9 Å². The van der Waals surface area contributed by atoms with Gasteiger partial charge in [-0.25, -0.2) is 0 Å². The molecule has 0 N–H and O–H groups in total. The third kappa shape index (κ3) is 2.79. The first-order chi connectivity index (χ1) is 6.99. The van der Waals surface area contributed by atoms with E-state index in [0.717, 1.165) is 17.0 Å². The van der Waals surface area contributed by atoms with Crippen LogP contribution in [0.2, 0.25) is 0 Å². The van der Waals surface area contributed by atoms with Crippen molar-refractivity contribution in [2.75, 3.05) is 0 Å². The fourth-order valence-corrected chi connectivity index (χ4v) is 1.39. The van der Waals surface area contributed by atoms with Crippen molar-refractivity contribution in [3.05, 3.63) is 41.7 Å². The van der Waals surface area contributed by atoms with Crippen molar-refractivity contribution >= 4 is 12.2 Å². The van der Waals surface area contributed by atoms with Crippen LogP contribution >= 0.6 is 0 Å². The van der Waals surface area contributed by atoms with E-state index < -0.39 is 0 Å². The fourth-order valence-electron chi connectivity index (χ4n) is 1.39. The lowest BCUT2D eigenvalue weighted by molar-refractivity contribution is 0.568. The van der Waals surface area contributed by atoms with E-state index in [9.17, 15) is 0 Å². The second kappa shape index (κ2) is 4.43. The fraction of sp³-hybridized carbons (Fsp3) is 0.357. The second-order valence-electron chi connectivity index (χ2n) is 4.63. The van der Waals surface area contributed by atoms with E-state index >= 15 is 0 Å². The van der Waals surface area contributed by atoms with Gasteiger partial charge in [-0.2, -0.15) is 0 Å². The lowest BCUT2D eigenvalue weighted by atomic mass is 9.91. The van der Waals surface area contributed by atoms with Crippen LogP contribution in [0.3, 0.4) is 0 Å². The molecule has 0 spiro atoms. The van der Waals surface area contributed by atoms with Gasteiger partial charge in [-0.3, -0.25) is 4.98 Å². The third-order valence-corrected chi connectivity index (χ3v) is 2.27.